The first-order valence-electron chi connectivity index (χ1n) is 28.3. The van der Waals surface area contributed by atoms with Gasteiger partial charge in [-0.3, -0.25) is 0 Å². The van der Waals surface area contributed by atoms with Crippen LogP contribution in [-0.2, 0) is 32.1 Å². The Hall–Kier alpha value is -11.1. The molecule has 0 aliphatic heterocycles. The first-order valence-corrected chi connectivity index (χ1v) is 28.3. The summed E-state index contributed by atoms with van der Waals surface area (Å²) in [5, 5.41) is 0. The van der Waals surface area contributed by atoms with Crippen molar-refractivity contribution in [1.82, 2.24) is 0 Å². The van der Waals surface area contributed by atoms with Crippen LogP contribution in [0.4, 0.5) is 0 Å². The Kier molecular flexibility index (Phi) is 12.3. The SMILES string of the molecule is c1coc(-c2cc3c(-c4ccco4)cc2Cc2cc(-c4ccco4)c(cc2-c2ccco2)Cc2cc(-c4ccco4)c(cc2-c2ccco2)Cc2cc(-c4ccco4)c(cc2-c2ccco2)Cc2cc(-c4ccco4)c(cc2-c2ccco2)C3)c1. The van der Waals surface area contributed by atoms with Gasteiger partial charge in [-0.05, 0) is 270 Å². The summed E-state index contributed by atoms with van der Waals surface area (Å²) in [5.41, 5.74) is 19.6. The second kappa shape index (κ2) is 21.0. The van der Waals surface area contributed by atoms with Gasteiger partial charge in [0.05, 0.1) is 62.6 Å². The fourth-order valence-corrected chi connectivity index (χ4v) is 12.5. The average molecular weight is 1110 g/mol. The van der Waals surface area contributed by atoms with Crippen LogP contribution in [-0.4, -0.2) is 0 Å². The maximum atomic E-state index is 6.37. The zero-order chi connectivity index (χ0) is 56.2. The topological polar surface area (TPSA) is 131 Å². The molecule has 0 N–H and O–H groups in total. The summed E-state index contributed by atoms with van der Waals surface area (Å²) in [4.78, 5) is 0. The van der Waals surface area contributed by atoms with E-state index in [9.17, 15) is 0 Å². The zero-order valence-electron chi connectivity index (χ0n) is 45.7. The molecule has 0 unspecified atom stereocenters. The molecule has 10 heteroatoms. The summed E-state index contributed by atoms with van der Waals surface area (Å²) in [6, 6.07) is 62.2. The third kappa shape index (κ3) is 9.26. The van der Waals surface area contributed by atoms with E-state index in [-0.39, 0.29) is 0 Å². The minimum absolute atomic E-state index is 0.484. The van der Waals surface area contributed by atoms with Gasteiger partial charge >= 0.3 is 0 Å². The van der Waals surface area contributed by atoms with Crippen molar-refractivity contribution in [2.45, 2.75) is 32.1 Å². The molecule has 0 radical (unpaired) electrons. The molecule has 0 saturated heterocycles. The second-order valence-corrected chi connectivity index (χ2v) is 21.5. The molecule has 0 saturated carbocycles. The first kappa shape index (κ1) is 49.7. The van der Waals surface area contributed by atoms with Crippen LogP contribution in [0.15, 0.2) is 289 Å². The van der Waals surface area contributed by atoms with E-state index in [1.807, 2.05) is 121 Å². The van der Waals surface area contributed by atoms with Gasteiger partial charge < -0.3 is 44.2 Å². The molecule has 0 fully saturated rings. The van der Waals surface area contributed by atoms with Gasteiger partial charge in [0.15, 0.2) is 0 Å². The van der Waals surface area contributed by atoms with E-state index >= 15 is 0 Å². The highest BCUT2D eigenvalue weighted by molar-refractivity contribution is 5.83. The van der Waals surface area contributed by atoms with Gasteiger partial charge in [-0.1, -0.05) is 0 Å². The molecule has 10 heterocycles. The van der Waals surface area contributed by atoms with Gasteiger partial charge in [-0.25, -0.2) is 0 Å². The van der Waals surface area contributed by atoms with Gasteiger partial charge in [0.2, 0.25) is 0 Å². The van der Waals surface area contributed by atoms with Crippen LogP contribution in [0.25, 0.3) is 113 Å². The highest BCUT2D eigenvalue weighted by Gasteiger charge is 2.27. The molecule has 0 spiro atoms. The van der Waals surface area contributed by atoms with Gasteiger partial charge in [0.25, 0.3) is 0 Å². The number of hydrogen-bond acceptors (Lipinski definition) is 10. The fraction of sp³-hybridized carbons (Fsp3) is 0.0667. The van der Waals surface area contributed by atoms with E-state index in [0.29, 0.717) is 32.1 Å². The lowest BCUT2D eigenvalue weighted by molar-refractivity contribution is 0.578. The molecule has 10 aromatic heterocycles. The maximum absolute atomic E-state index is 6.37. The average Bonchev–Trinajstić information content (AvgIpc) is 3.54. The molecule has 410 valence electrons. The van der Waals surface area contributed by atoms with Crippen molar-refractivity contribution in [3.8, 4) is 113 Å². The lowest BCUT2D eigenvalue weighted by Gasteiger charge is -2.20. The van der Waals surface area contributed by atoms with Gasteiger partial charge in [0, 0.05) is 55.6 Å². The van der Waals surface area contributed by atoms with Crippen molar-refractivity contribution in [2.75, 3.05) is 0 Å². The lowest BCUT2D eigenvalue weighted by atomic mass is 9.84. The molecule has 0 atom stereocenters. The minimum Gasteiger partial charge on any atom is -0.464 e. The van der Waals surface area contributed by atoms with Crippen molar-refractivity contribution in [1.29, 1.82) is 0 Å². The Labute approximate surface area is 487 Å². The van der Waals surface area contributed by atoms with E-state index in [0.717, 1.165) is 169 Å². The van der Waals surface area contributed by atoms with Crippen LogP contribution in [0, 0.1) is 0 Å². The fourth-order valence-electron chi connectivity index (χ4n) is 12.5. The quantitative estimate of drug-likeness (QED) is 0.130. The molecular formula is C75H50O10. The Morgan fingerprint density at radius 1 is 0.153 bits per heavy atom. The molecule has 85 heavy (non-hydrogen) atoms. The Bertz CT molecular complexity index is 3710. The molecular weight excluding hydrogens is 1060 g/mol. The van der Waals surface area contributed by atoms with Crippen LogP contribution in [0.5, 0.6) is 0 Å². The van der Waals surface area contributed by atoms with Crippen molar-refractivity contribution >= 4 is 0 Å². The van der Waals surface area contributed by atoms with E-state index in [1.165, 1.54) is 0 Å². The summed E-state index contributed by atoms with van der Waals surface area (Å²) < 4.78 is 63.7. The van der Waals surface area contributed by atoms with Crippen molar-refractivity contribution in [3.63, 3.8) is 0 Å². The number of hydrogen-bond donors (Lipinski definition) is 0. The van der Waals surface area contributed by atoms with Crippen LogP contribution in [0.1, 0.15) is 55.6 Å². The normalized spacial score (nSPS) is 12.5. The van der Waals surface area contributed by atoms with Crippen molar-refractivity contribution < 1.29 is 44.2 Å². The number of rotatable bonds is 10. The third-order valence-electron chi connectivity index (χ3n) is 16.4. The summed E-state index contributed by atoms with van der Waals surface area (Å²) in [6.07, 6.45) is 19.7. The van der Waals surface area contributed by atoms with Crippen LogP contribution in [0.2, 0.25) is 0 Å². The molecule has 25 rings (SSSR count). The third-order valence-corrected chi connectivity index (χ3v) is 16.4. The maximum Gasteiger partial charge on any atom is 0.134 e. The van der Waals surface area contributed by atoms with Crippen LogP contribution >= 0.6 is 0 Å². The van der Waals surface area contributed by atoms with E-state index in [1.54, 1.807) is 62.6 Å². The Morgan fingerprint density at radius 2 is 0.259 bits per heavy atom. The van der Waals surface area contributed by atoms with Gasteiger partial charge in [0.1, 0.15) is 57.6 Å². The minimum atomic E-state index is 0.484. The Morgan fingerprint density at radius 3 is 0.341 bits per heavy atom. The molecule has 15 aromatic rings. The predicted molar refractivity (Wildman–Crippen MR) is 323 cm³/mol. The highest BCUT2D eigenvalue weighted by Crippen LogP contribution is 2.46. The summed E-state index contributed by atoms with van der Waals surface area (Å²) >= 11 is 0. The van der Waals surface area contributed by atoms with Gasteiger partial charge in [-0.15, -0.1) is 0 Å². The summed E-state index contributed by atoms with van der Waals surface area (Å²) in [5.74, 6) is 7.30. The van der Waals surface area contributed by atoms with Gasteiger partial charge in [-0.2, -0.15) is 0 Å². The van der Waals surface area contributed by atoms with Crippen molar-refractivity contribution in [2.24, 2.45) is 0 Å². The summed E-state index contributed by atoms with van der Waals surface area (Å²) in [6.45, 7) is 0. The second-order valence-electron chi connectivity index (χ2n) is 21.5. The van der Waals surface area contributed by atoms with E-state index in [2.05, 4.69) is 60.7 Å². The van der Waals surface area contributed by atoms with Crippen molar-refractivity contribution in [3.05, 3.63) is 300 Å². The molecule has 10 bridgehead atoms. The van der Waals surface area contributed by atoms with E-state index < -0.39 is 0 Å². The molecule has 10 aliphatic rings. The van der Waals surface area contributed by atoms with Crippen LogP contribution in [0.3, 0.4) is 0 Å². The molecule has 5 aromatic carbocycles. The van der Waals surface area contributed by atoms with Crippen LogP contribution < -0.4 is 0 Å². The smallest absolute Gasteiger partial charge is 0.134 e. The molecule has 10 aliphatic carbocycles. The predicted octanol–water partition coefficient (Wildman–Crippen LogP) is 20.6. The summed E-state index contributed by atoms with van der Waals surface area (Å²) in [7, 11) is 0. The highest BCUT2D eigenvalue weighted by atomic mass is 16.4. The largest absolute Gasteiger partial charge is 0.464 e. The standard InChI is InChI=1S/C75H50O10/c1-11-66(76-21-1)56-36-47-32-49-39-61(71-16-6-26-81-71)51(41-60(49)70-15-5-25-80-70)34-53-43-65(75-20-10-30-85-75)55(45-64(53)74-19-9-29-84-74)35-54-44-62(72-17-7-27-82-72)52(42-63(54)73-18-8-28-83-73)33-50-40-58(68-13-3-23-78-68)48(38-59(50)69-14-4-24-79-69)31-46(56)37-57(47)67-12-2-22-77-67/h1-30,36-45H,31-35H2. The van der Waals surface area contributed by atoms with E-state index in [4.69, 9.17) is 44.2 Å². The lowest BCUT2D eigenvalue weighted by Crippen LogP contribution is -2.04. The first-order chi connectivity index (χ1) is 42.1. The zero-order valence-corrected chi connectivity index (χ0v) is 45.7. The molecule has 10 nitrogen and oxygen atoms in total. The number of furan rings is 10. The Balaban J connectivity index is 1.01. The monoisotopic (exact) mass is 1110 g/mol. The number of benzene rings is 5. The molecule has 0 amide bonds.